The van der Waals surface area contributed by atoms with Crippen LogP contribution in [-0.4, -0.2) is 17.7 Å². The third kappa shape index (κ3) is 3.36. The molecule has 4 aromatic rings. The summed E-state index contributed by atoms with van der Waals surface area (Å²) in [5.41, 5.74) is 6.78. The molecular weight excluding hydrogens is 340 g/mol. The van der Waals surface area contributed by atoms with Crippen molar-refractivity contribution in [2.45, 2.75) is 25.3 Å². The molecule has 0 radical (unpaired) electrons. The van der Waals surface area contributed by atoms with Crippen LogP contribution in [0.2, 0.25) is 0 Å². The highest BCUT2D eigenvalue weighted by Gasteiger charge is 2.20. The number of hydrogen-bond acceptors (Lipinski definition) is 1. The van der Waals surface area contributed by atoms with Crippen LogP contribution in [0.25, 0.3) is 22.0 Å². The van der Waals surface area contributed by atoms with Crippen molar-refractivity contribution in [3.05, 3.63) is 96.2 Å². The zero-order valence-electron chi connectivity index (χ0n) is 16.1. The Morgan fingerprint density at radius 1 is 0.786 bits per heavy atom. The van der Waals surface area contributed by atoms with Gasteiger partial charge in [0.1, 0.15) is 0 Å². The number of benzene rings is 3. The largest absolute Gasteiger partial charge is 0.343 e. The second kappa shape index (κ2) is 7.65. The summed E-state index contributed by atoms with van der Waals surface area (Å²) < 4.78 is 2.44. The van der Waals surface area contributed by atoms with Crippen LogP contribution in [-0.2, 0) is 6.54 Å². The molecule has 1 fully saturated rings. The summed E-state index contributed by atoms with van der Waals surface area (Å²) in [7, 11) is 0. The van der Waals surface area contributed by atoms with Crippen molar-refractivity contribution in [1.29, 1.82) is 0 Å². The second-order valence-electron chi connectivity index (χ2n) is 7.82. The molecule has 1 aliphatic rings. The summed E-state index contributed by atoms with van der Waals surface area (Å²) in [6, 6.07) is 28.5. The van der Waals surface area contributed by atoms with Gasteiger partial charge in [-0.1, -0.05) is 66.7 Å². The maximum absolute atomic E-state index is 3.49. The molecule has 0 unspecified atom stereocenters. The van der Waals surface area contributed by atoms with E-state index in [1.54, 1.807) is 0 Å². The van der Waals surface area contributed by atoms with E-state index in [9.17, 15) is 0 Å². The number of para-hydroxylation sites is 1. The SMILES string of the molecule is c1ccc(-c2cccc(Cn3cc(C4CCNCC4)c4ccccc43)c2)cc1. The minimum Gasteiger partial charge on any atom is -0.343 e. The summed E-state index contributed by atoms with van der Waals surface area (Å²) in [6.07, 6.45) is 4.88. The molecule has 1 saturated heterocycles. The molecule has 3 aromatic carbocycles. The molecule has 1 aliphatic heterocycles. The molecule has 0 aliphatic carbocycles. The standard InChI is InChI=1S/C26H26N2/c1-2-8-21(9-3-1)23-10-6-7-20(17-23)18-28-19-25(22-13-15-27-16-14-22)24-11-4-5-12-26(24)28/h1-12,17,19,22,27H,13-16,18H2. The molecule has 1 aromatic heterocycles. The quantitative estimate of drug-likeness (QED) is 0.481. The maximum atomic E-state index is 3.49. The molecule has 0 atom stereocenters. The predicted octanol–water partition coefficient (Wildman–Crippen LogP) is 5.82. The lowest BCUT2D eigenvalue weighted by molar-refractivity contribution is 0.461. The highest BCUT2D eigenvalue weighted by atomic mass is 15.0. The van der Waals surface area contributed by atoms with Gasteiger partial charge in [-0.25, -0.2) is 0 Å². The van der Waals surface area contributed by atoms with Crippen molar-refractivity contribution in [2.75, 3.05) is 13.1 Å². The van der Waals surface area contributed by atoms with Crippen LogP contribution in [0.5, 0.6) is 0 Å². The van der Waals surface area contributed by atoms with Gasteiger partial charge in [-0.05, 0) is 66.2 Å². The Hall–Kier alpha value is -2.84. The zero-order valence-corrected chi connectivity index (χ0v) is 16.1. The predicted molar refractivity (Wildman–Crippen MR) is 118 cm³/mol. The van der Waals surface area contributed by atoms with E-state index in [4.69, 9.17) is 0 Å². The molecule has 140 valence electrons. The van der Waals surface area contributed by atoms with E-state index >= 15 is 0 Å². The van der Waals surface area contributed by atoms with E-state index < -0.39 is 0 Å². The van der Waals surface area contributed by atoms with Crippen LogP contribution >= 0.6 is 0 Å². The van der Waals surface area contributed by atoms with E-state index in [1.807, 2.05) is 0 Å². The first-order valence-corrected chi connectivity index (χ1v) is 10.3. The van der Waals surface area contributed by atoms with E-state index in [-0.39, 0.29) is 0 Å². The summed E-state index contributed by atoms with van der Waals surface area (Å²) in [6.45, 7) is 3.17. The van der Waals surface area contributed by atoms with Crippen molar-refractivity contribution >= 4 is 10.9 Å². The van der Waals surface area contributed by atoms with Crippen molar-refractivity contribution in [3.63, 3.8) is 0 Å². The Balaban J connectivity index is 1.50. The number of nitrogens with one attached hydrogen (secondary N) is 1. The molecule has 0 amide bonds. The Bertz CT molecular complexity index is 1070. The van der Waals surface area contributed by atoms with Crippen LogP contribution in [0.15, 0.2) is 85.1 Å². The van der Waals surface area contributed by atoms with Gasteiger partial charge >= 0.3 is 0 Å². The Morgan fingerprint density at radius 3 is 2.39 bits per heavy atom. The highest BCUT2D eigenvalue weighted by Crippen LogP contribution is 2.33. The number of hydrogen-bond donors (Lipinski definition) is 1. The summed E-state index contributed by atoms with van der Waals surface area (Å²) in [5, 5.41) is 4.92. The zero-order chi connectivity index (χ0) is 18.8. The molecule has 5 rings (SSSR count). The van der Waals surface area contributed by atoms with Crippen LogP contribution in [0.1, 0.15) is 29.9 Å². The van der Waals surface area contributed by atoms with E-state index in [2.05, 4.69) is 94.9 Å². The fourth-order valence-electron chi connectivity index (χ4n) is 4.54. The number of nitrogens with zero attached hydrogens (tertiary/aromatic N) is 1. The lowest BCUT2D eigenvalue weighted by atomic mass is 9.90. The fourth-order valence-corrected chi connectivity index (χ4v) is 4.54. The average Bonchev–Trinajstić information content (AvgIpc) is 3.14. The number of fused-ring (bicyclic) bond motifs is 1. The number of piperidine rings is 1. The van der Waals surface area contributed by atoms with E-state index in [0.717, 1.165) is 19.6 Å². The summed E-state index contributed by atoms with van der Waals surface area (Å²) >= 11 is 0. The van der Waals surface area contributed by atoms with Crippen molar-refractivity contribution in [3.8, 4) is 11.1 Å². The lowest BCUT2D eigenvalue weighted by Crippen LogP contribution is -2.26. The van der Waals surface area contributed by atoms with Gasteiger partial charge in [0, 0.05) is 23.6 Å². The molecule has 0 saturated carbocycles. The normalized spacial score (nSPS) is 15.1. The minimum absolute atomic E-state index is 0.669. The number of aromatic nitrogens is 1. The van der Waals surface area contributed by atoms with Crippen molar-refractivity contribution < 1.29 is 0 Å². The maximum Gasteiger partial charge on any atom is 0.0486 e. The van der Waals surface area contributed by atoms with Gasteiger partial charge in [0.2, 0.25) is 0 Å². The van der Waals surface area contributed by atoms with Crippen LogP contribution < -0.4 is 5.32 Å². The molecule has 2 nitrogen and oxygen atoms in total. The third-order valence-corrected chi connectivity index (χ3v) is 5.99. The molecule has 28 heavy (non-hydrogen) atoms. The first kappa shape index (κ1) is 17.3. The van der Waals surface area contributed by atoms with Crippen LogP contribution in [0, 0.1) is 0 Å². The van der Waals surface area contributed by atoms with Gasteiger partial charge in [0.15, 0.2) is 0 Å². The lowest BCUT2D eigenvalue weighted by Gasteiger charge is -2.22. The van der Waals surface area contributed by atoms with Gasteiger partial charge < -0.3 is 9.88 Å². The number of rotatable bonds is 4. The Labute approximate surface area is 166 Å². The third-order valence-electron chi connectivity index (χ3n) is 5.99. The van der Waals surface area contributed by atoms with Gasteiger partial charge in [0.25, 0.3) is 0 Å². The second-order valence-corrected chi connectivity index (χ2v) is 7.82. The first-order valence-electron chi connectivity index (χ1n) is 10.3. The van der Waals surface area contributed by atoms with E-state index in [0.29, 0.717) is 5.92 Å². The van der Waals surface area contributed by atoms with Gasteiger partial charge in [-0.2, -0.15) is 0 Å². The molecule has 2 heterocycles. The Morgan fingerprint density at radius 2 is 1.54 bits per heavy atom. The van der Waals surface area contributed by atoms with Crippen LogP contribution in [0.3, 0.4) is 0 Å². The summed E-state index contributed by atoms with van der Waals surface area (Å²) in [5.74, 6) is 0.669. The van der Waals surface area contributed by atoms with Crippen molar-refractivity contribution in [1.82, 2.24) is 9.88 Å². The molecule has 0 spiro atoms. The monoisotopic (exact) mass is 366 g/mol. The van der Waals surface area contributed by atoms with Crippen LogP contribution in [0.4, 0.5) is 0 Å². The molecular formula is C26H26N2. The molecule has 1 N–H and O–H groups in total. The van der Waals surface area contributed by atoms with Gasteiger partial charge in [-0.3, -0.25) is 0 Å². The highest BCUT2D eigenvalue weighted by molar-refractivity contribution is 5.84. The molecule has 0 bridgehead atoms. The topological polar surface area (TPSA) is 17.0 Å². The van der Waals surface area contributed by atoms with Crippen molar-refractivity contribution in [2.24, 2.45) is 0 Å². The van der Waals surface area contributed by atoms with E-state index in [1.165, 1.54) is 46.0 Å². The minimum atomic E-state index is 0.669. The van der Waals surface area contributed by atoms with Gasteiger partial charge in [-0.15, -0.1) is 0 Å². The van der Waals surface area contributed by atoms with Gasteiger partial charge in [0.05, 0.1) is 0 Å². The average molecular weight is 367 g/mol. The Kier molecular flexibility index (Phi) is 4.72. The molecule has 2 heteroatoms. The smallest absolute Gasteiger partial charge is 0.0486 e. The first-order chi connectivity index (χ1) is 13.9. The summed E-state index contributed by atoms with van der Waals surface area (Å²) in [4.78, 5) is 0. The fraction of sp³-hybridized carbons (Fsp3) is 0.231.